The largest absolute Gasteiger partial charge is 0.478 e. The lowest BCUT2D eigenvalue weighted by Gasteiger charge is -2.28. The third-order valence-corrected chi connectivity index (χ3v) is 4.33. The Morgan fingerprint density at radius 2 is 2.05 bits per heavy atom. The standard InChI is InChI=1S/C15H21NO2S/c1-9(2)8-19-11-5-6-13-12(7-11)16-15(17)14(18-13)10(3)4/h5-7,9-10,14H,8H2,1-4H3,(H,16,17). The smallest absolute Gasteiger partial charge is 0.265 e. The van der Waals surface area contributed by atoms with Crippen LogP contribution in [0.4, 0.5) is 5.69 Å². The van der Waals surface area contributed by atoms with Crippen molar-refractivity contribution in [3.63, 3.8) is 0 Å². The molecule has 1 unspecified atom stereocenters. The fourth-order valence-electron chi connectivity index (χ4n) is 1.90. The summed E-state index contributed by atoms with van der Waals surface area (Å²) in [5.41, 5.74) is 0.788. The number of anilines is 1. The molecule has 0 aliphatic carbocycles. The number of ether oxygens (including phenoxy) is 1. The van der Waals surface area contributed by atoms with Crippen molar-refractivity contribution in [3.05, 3.63) is 18.2 Å². The summed E-state index contributed by atoms with van der Waals surface area (Å²) in [5, 5.41) is 2.94. The molecule has 0 radical (unpaired) electrons. The normalized spacial score (nSPS) is 18.2. The van der Waals surface area contributed by atoms with E-state index in [0.717, 1.165) is 17.2 Å². The van der Waals surface area contributed by atoms with Crippen LogP contribution in [-0.4, -0.2) is 17.8 Å². The van der Waals surface area contributed by atoms with Gasteiger partial charge in [-0.15, -0.1) is 11.8 Å². The Labute approximate surface area is 119 Å². The molecule has 1 aliphatic heterocycles. The third-order valence-electron chi connectivity index (χ3n) is 2.91. The van der Waals surface area contributed by atoms with Crippen molar-refractivity contribution in [2.75, 3.05) is 11.1 Å². The molecule has 2 rings (SSSR count). The lowest BCUT2D eigenvalue weighted by molar-refractivity contribution is -0.125. The Kier molecular flexibility index (Phi) is 4.40. The molecule has 3 nitrogen and oxygen atoms in total. The number of hydrogen-bond donors (Lipinski definition) is 1. The first-order valence-electron chi connectivity index (χ1n) is 6.71. The summed E-state index contributed by atoms with van der Waals surface area (Å²) in [7, 11) is 0. The van der Waals surface area contributed by atoms with Crippen LogP contribution >= 0.6 is 11.8 Å². The van der Waals surface area contributed by atoms with Gasteiger partial charge >= 0.3 is 0 Å². The van der Waals surface area contributed by atoms with E-state index in [4.69, 9.17) is 4.74 Å². The molecule has 1 N–H and O–H groups in total. The second kappa shape index (κ2) is 5.87. The number of rotatable bonds is 4. The van der Waals surface area contributed by atoms with Gasteiger partial charge in [0, 0.05) is 10.6 Å². The van der Waals surface area contributed by atoms with E-state index in [1.165, 1.54) is 4.90 Å². The Hall–Kier alpha value is -1.16. The van der Waals surface area contributed by atoms with E-state index in [9.17, 15) is 4.79 Å². The van der Waals surface area contributed by atoms with Gasteiger partial charge in [-0.2, -0.15) is 0 Å². The van der Waals surface area contributed by atoms with Gasteiger partial charge in [-0.05, 0) is 30.0 Å². The fraction of sp³-hybridized carbons (Fsp3) is 0.533. The van der Waals surface area contributed by atoms with Gasteiger partial charge < -0.3 is 10.1 Å². The molecular formula is C15H21NO2S. The molecule has 1 heterocycles. The van der Waals surface area contributed by atoms with Gasteiger partial charge in [0.2, 0.25) is 0 Å². The summed E-state index contributed by atoms with van der Waals surface area (Å²) in [6.07, 6.45) is -0.387. The average Bonchev–Trinajstić information content (AvgIpc) is 2.34. The molecule has 1 aliphatic rings. The first-order chi connectivity index (χ1) is 8.97. The minimum Gasteiger partial charge on any atom is -0.478 e. The summed E-state index contributed by atoms with van der Waals surface area (Å²) in [6.45, 7) is 8.37. The monoisotopic (exact) mass is 279 g/mol. The summed E-state index contributed by atoms with van der Waals surface area (Å²) in [6, 6.07) is 6.00. The number of carbonyl (C=O) groups excluding carboxylic acids is 1. The van der Waals surface area contributed by atoms with Crippen LogP contribution in [0.3, 0.4) is 0 Å². The Balaban J connectivity index is 2.14. The van der Waals surface area contributed by atoms with E-state index in [0.29, 0.717) is 5.92 Å². The average molecular weight is 279 g/mol. The van der Waals surface area contributed by atoms with Crippen LogP contribution in [-0.2, 0) is 4.79 Å². The number of hydrogen-bond acceptors (Lipinski definition) is 3. The third kappa shape index (κ3) is 3.44. The summed E-state index contributed by atoms with van der Waals surface area (Å²) in [5.74, 6) is 2.61. The van der Waals surface area contributed by atoms with E-state index >= 15 is 0 Å². The molecule has 19 heavy (non-hydrogen) atoms. The zero-order valence-corrected chi connectivity index (χ0v) is 12.7. The van der Waals surface area contributed by atoms with E-state index in [1.807, 2.05) is 26.0 Å². The van der Waals surface area contributed by atoms with Crippen LogP contribution in [0.25, 0.3) is 0 Å². The predicted molar refractivity (Wildman–Crippen MR) is 79.9 cm³/mol. The van der Waals surface area contributed by atoms with Crippen molar-refractivity contribution in [2.45, 2.75) is 38.7 Å². The van der Waals surface area contributed by atoms with Gasteiger partial charge in [-0.3, -0.25) is 4.79 Å². The SMILES string of the molecule is CC(C)CSc1ccc2c(c1)NC(=O)C(C(C)C)O2. The molecule has 1 amide bonds. The Morgan fingerprint density at radius 1 is 1.32 bits per heavy atom. The zero-order chi connectivity index (χ0) is 14.0. The molecule has 0 saturated heterocycles. The van der Waals surface area contributed by atoms with E-state index in [2.05, 4.69) is 25.2 Å². The minimum atomic E-state index is -0.387. The number of carbonyl (C=O) groups is 1. The first-order valence-corrected chi connectivity index (χ1v) is 7.70. The van der Waals surface area contributed by atoms with Crippen LogP contribution in [0.2, 0.25) is 0 Å². The molecule has 4 heteroatoms. The van der Waals surface area contributed by atoms with E-state index < -0.39 is 0 Å². The molecule has 0 bridgehead atoms. The molecule has 1 aromatic carbocycles. The quantitative estimate of drug-likeness (QED) is 0.852. The van der Waals surface area contributed by atoms with Gasteiger partial charge in [0.05, 0.1) is 5.69 Å². The Morgan fingerprint density at radius 3 is 2.68 bits per heavy atom. The highest BCUT2D eigenvalue weighted by molar-refractivity contribution is 7.99. The summed E-state index contributed by atoms with van der Waals surface area (Å²) >= 11 is 1.80. The van der Waals surface area contributed by atoms with Gasteiger partial charge in [-0.1, -0.05) is 27.7 Å². The predicted octanol–water partition coefficient (Wildman–Crippen LogP) is 3.79. The number of benzene rings is 1. The Bertz CT molecular complexity index is 471. The summed E-state index contributed by atoms with van der Waals surface area (Å²) < 4.78 is 5.76. The molecule has 0 saturated carbocycles. The maximum absolute atomic E-state index is 11.9. The van der Waals surface area contributed by atoms with Crippen molar-refractivity contribution < 1.29 is 9.53 Å². The lowest BCUT2D eigenvalue weighted by Crippen LogP contribution is -2.40. The maximum Gasteiger partial charge on any atom is 0.265 e. The fourth-order valence-corrected chi connectivity index (χ4v) is 2.79. The van der Waals surface area contributed by atoms with Crippen molar-refractivity contribution >= 4 is 23.4 Å². The van der Waals surface area contributed by atoms with Crippen LogP contribution < -0.4 is 10.1 Å². The second-order valence-electron chi connectivity index (χ2n) is 5.63. The van der Waals surface area contributed by atoms with E-state index in [-0.39, 0.29) is 17.9 Å². The first kappa shape index (κ1) is 14.3. The van der Waals surface area contributed by atoms with Crippen molar-refractivity contribution in [3.8, 4) is 5.75 Å². The molecule has 1 atom stereocenters. The molecule has 1 aromatic rings. The molecule has 104 valence electrons. The number of nitrogens with one attached hydrogen (secondary N) is 1. The van der Waals surface area contributed by atoms with Crippen molar-refractivity contribution in [1.29, 1.82) is 0 Å². The highest BCUT2D eigenvalue weighted by Gasteiger charge is 2.30. The van der Waals surface area contributed by atoms with E-state index in [1.54, 1.807) is 11.8 Å². The number of fused-ring (bicyclic) bond motifs is 1. The summed E-state index contributed by atoms with van der Waals surface area (Å²) in [4.78, 5) is 13.1. The topological polar surface area (TPSA) is 38.3 Å². The maximum atomic E-state index is 11.9. The van der Waals surface area contributed by atoms with Gasteiger partial charge in [0.25, 0.3) is 5.91 Å². The van der Waals surface area contributed by atoms with Crippen LogP contribution in [0.15, 0.2) is 23.1 Å². The number of thioether (sulfide) groups is 1. The molecule has 0 spiro atoms. The molecule has 0 fully saturated rings. The molecular weight excluding hydrogens is 258 g/mol. The van der Waals surface area contributed by atoms with Gasteiger partial charge in [0.1, 0.15) is 5.75 Å². The highest BCUT2D eigenvalue weighted by atomic mass is 32.2. The van der Waals surface area contributed by atoms with Crippen molar-refractivity contribution in [1.82, 2.24) is 0 Å². The van der Waals surface area contributed by atoms with Crippen LogP contribution in [0.5, 0.6) is 5.75 Å². The van der Waals surface area contributed by atoms with Gasteiger partial charge in [0.15, 0.2) is 6.10 Å². The highest BCUT2D eigenvalue weighted by Crippen LogP contribution is 2.35. The second-order valence-corrected chi connectivity index (χ2v) is 6.73. The van der Waals surface area contributed by atoms with Crippen LogP contribution in [0.1, 0.15) is 27.7 Å². The van der Waals surface area contributed by atoms with Crippen LogP contribution in [0, 0.1) is 11.8 Å². The zero-order valence-electron chi connectivity index (χ0n) is 11.9. The van der Waals surface area contributed by atoms with Gasteiger partial charge in [-0.25, -0.2) is 0 Å². The lowest BCUT2D eigenvalue weighted by atomic mass is 10.0. The minimum absolute atomic E-state index is 0.0477. The number of amides is 1. The molecule has 0 aromatic heterocycles. The van der Waals surface area contributed by atoms with Crippen molar-refractivity contribution in [2.24, 2.45) is 11.8 Å².